The van der Waals surface area contributed by atoms with E-state index in [1.54, 1.807) is 6.92 Å². The highest BCUT2D eigenvalue weighted by molar-refractivity contribution is 6.32. The Hall–Kier alpha value is -1.28. The normalized spacial score (nSPS) is 10.8. The van der Waals surface area contributed by atoms with E-state index in [2.05, 4.69) is 4.98 Å². The van der Waals surface area contributed by atoms with E-state index in [4.69, 9.17) is 11.6 Å². The van der Waals surface area contributed by atoms with Gasteiger partial charge in [0.2, 0.25) is 0 Å². The number of aryl methyl sites for hydroxylation is 2. The lowest BCUT2D eigenvalue weighted by Crippen LogP contribution is -2.08. The van der Waals surface area contributed by atoms with Crippen LogP contribution in [0.15, 0.2) is 23.0 Å². The molecule has 3 heteroatoms. The quantitative estimate of drug-likeness (QED) is 0.708. The number of halogens is 1. The maximum absolute atomic E-state index is 11.3. The van der Waals surface area contributed by atoms with E-state index in [1.807, 2.05) is 25.1 Å². The molecule has 1 aromatic carbocycles. The van der Waals surface area contributed by atoms with Crippen molar-refractivity contribution in [3.8, 4) is 0 Å². The van der Waals surface area contributed by atoms with Crippen LogP contribution in [0.4, 0.5) is 0 Å². The summed E-state index contributed by atoms with van der Waals surface area (Å²) in [4.78, 5) is 14.2. The highest BCUT2D eigenvalue weighted by Crippen LogP contribution is 2.21. The number of nitrogens with one attached hydrogen (secondary N) is 1. The van der Waals surface area contributed by atoms with Gasteiger partial charge in [-0.2, -0.15) is 0 Å². The molecule has 1 heterocycles. The first-order valence-corrected chi connectivity index (χ1v) is 4.75. The number of pyridine rings is 1. The van der Waals surface area contributed by atoms with Crippen molar-refractivity contribution in [2.45, 2.75) is 13.8 Å². The SMILES string of the molecule is Cc1cc2[nH]c(=O)c(C)cc2cc1Cl. The predicted octanol–water partition coefficient (Wildman–Crippen LogP) is 2.80. The summed E-state index contributed by atoms with van der Waals surface area (Å²) in [6.07, 6.45) is 0. The maximum atomic E-state index is 11.3. The number of hydrogen-bond donors (Lipinski definition) is 1. The van der Waals surface area contributed by atoms with Crippen molar-refractivity contribution in [3.63, 3.8) is 0 Å². The minimum atomic E-state index is -0.0424. The van der Waals surface area contributed by atoms with Crippen molar-refractivity contribution < 1.29 is 0 Å². The van der Waals surface area contributed by atoms with Crippen LogP contribution in [-0.4, -0.2) is 4.98 Å². The molecule has 0 fully saturated rings. The van der Waals surface area contributed by atoms with E-state index in [-0.39, 0.29) is 5.56 Å². The van der Waals surface area contributed by atoms with E-state index < -0.39 is 0 Å². The summed E-state index contributed by atoms with van der Waals surface area (Å²) in [5.74, 6) is 0. The van der Waals surface area contributed by atoms with Gasteiger partial charge in [-0.25, -0.2) is 0 Å². The monoisotopic (exact) mass is 207 g/mol. The minimum Gasteiger partial charge on any atom is -0.322 e. The molecule has 14 heavy (non-hydrogen) atoms. The molecule has 0 radical (unpaired) electrons. The Morgan fingerprint density at radius 2 is 1.86 bits per heavy atom. The number of rotatable bonds is 0. The first kappa shape index (κ1) is 9.28. The summed E-state index contributed by atoms with van der Waals surface area (Å²) in [6, 6.07) is 5.60. The van der Waals surface area contributed by atoms with Gasteiger partial charge < -0.3 is 4.98 Å². The van der Waals surface area contributed by atoms with E-state index in [0.717, 1.165) is 21.5 Å². The van der Waals surface area contributed by atoms with Gasteiger partial charge in [-0.1, -0.05) is 11.6 Å². The summed E-state index contributed by atoms with van der Waals surface area (Å²) in [7, 11) is 0. The van der Waals surface area contributed by atoms with Crippen LogP contribution in [0.1, 0.15) is 11.1 Å². The molecule has 0 spiro atoms. The molecule has 1 N–H and O–H groups in total. The summed E-state index contributed by atoms with van der Waals surface area (Å²) >= 11 is 5.99. The van der Waals surface area contributed by atoms with Crippen LogP contribution in [0.25, 0.3) is 10.9 Å². The Kier molecular flexibility index (Phi) is 2.08. The molecular formula is C11H10ClNO. The zero-order chi connectivity index (χ0) is 10.3. The van der Waals surface area contributed by atoms with Gasteiger partial charge in [0.1, 0.15) is 0 Å². The zero-order valence-electron chi connectivity index (χ0n) is 8.02. The van der Waals surface area contributed by atoms with E-state index in [1.165, 1.54) is 0 Å². The molecular weight excluding hydrogens is 198 g/mol. The highest BCUT2D eigenvalue weighted by Gasteiger charge is 2.01. The summed E-state index contributed by atoms with van der Waals surface area (Å²) in [5.41, 5.74) is 2.47. The second-order valence-electron chi connectivity index (χ2n) is 3.47. The summed E-state index contributed by atoms with van der Waals surface area (Å²) in [6.45, 7) is 3.70. The first-order chi connectivity index (χ1) is 6.58. The Bertz CT molecular complexity index is 557. The van der Waals surface area contributed by atoms with Crippen LogP contribution in [0, 0.1) is 13.8 Å². The van der Waals surface area contributed by atoms with Gasteiger partial charge in [0.05, 0.1) is 0 Å². The molecule has 0 unspecified atom stereocenters. The second kappa shape index (κ2) is 3.14. The standard InChI is InChI=1S/C11H10ClNO/c1-6-4-10-8(5-9(6)12)3-7(2)11(14)13-10/h3-5H,1-2H3,(H,13,14). The van der Waals surface area contributed by atoms with Crippen LogP contribution in [0.2, 0.25) is 5.02 Å². The molecule has 2 aromatic rings. The lowest BCUT2D eigenvalue weighted by atomic mass is 10.1. The molecule has 0 saturated carbocycles. The maximum Gasteiger partial charge on any atom is 0.251 e. The van der Waals surface area contributed by atoms with Crippen molar-refractivity contribution >= 4 is 22.5 Å². The molecule has 0 aliphatic rings. The van der Waals surface area contributed by atoms with Crippen LogP contribution < -0.4 is 5.56 Å². The Morgan fingerprint density at radius 3 is 2.57 bits per heavy atom. The molecule has 0 bridgehead atoms. The molecule has 2 nitrogen and oxygen atoms in total. The number of benzene rings is 1. The van der Waals surface area contributed by atoms with Gasteiger partial charge in [-0.05, 0) is 43.0 Å². The third-order valence-corrected chi connectivity index (χ3v) is 2.72. The lowest BCUT2D eigenvalue weighted by Gasteiger charge is -2.02. The largest absolute Gasteiger partial charge is 0.322 e. The average Bonchev–Trinajstić information content (AvgIpc) is 2.11. The zero-order valence-corrected chi connectivity index (χ0v) is 8.77. The topological polar surface area (TPSA) is 32.9 Å². The Balaban J connectivity index is 2.90. The van der Waals surface area contributed by atoms with E-state index >= 15 is 0 Å². The van der Waals surface area contributed by atoms with Crippen molar-refractivity contribution in [1.29, 1.82) is 0 Å². The van der Waals surface area contributed by atoms with Gasteiger partial charge >= 0.3 is 0 Å². The molecule has 0 amide bonds. The molecule has 2 rings (SSSR count). The lowest BCUT2D eigenvalue weighted by molar-refractivity contribution is 1.23. The van der Waals surface area contributed by atoms with Crippen molar-refractivity contribution in [1.82, 2.24) is 4.98 Å². The fourth-order valence-electron chi connectivity index (χ4n) is 1.44. The summed E-state index contributed by atoms with van der Waals surface area (Å²) < 4.78 is 0. The number of aromatic nitrogens is 1. The van der Waals surface area contributed by atoms with Crippen molar-refractivity contribution in [2.75, 3.05) is 0 Å². The van der Waals surface area contributed by atoms with Crippen LogP contribution in [0.5, 0.6) is 0 Å². The van der Waals surface area contributed by atoms with Gasteiger partial charge in [0, 0.05) is 16.1 Å². The van der Waals surface area contributed by atoms with Gasteiger partial charge in [-0.3, -0.25) is 4.79 Å². The average molecular weight is 208 g/mol. The molecule has 0 saturated heterocycles. The molecule has 0 aliphatic heterocycles. The summed E-state index contributed by atoms with van der Waals surface area (Å²) in [5, 5.41) is 1.70. The fraction of sp³-hybridized carbons (Fsp3) is 0.182. The highest BCUT2D eigenvalue weighted by atomic mass is 35.5. The molecule has 0 atom stereocenters. The molecule has 0 aliphatic carbocycles. The first-order valence-electron chi connectivity index (χ1n) is 4.38. The fourth-order valence-corrected chi connectivity index (χ4v) is 1.62. The minimum absolute atomic E-state index is 0.0424. The number of aromatic amines is 1. The van der Waals surface area contributed by atoms with Crippen LogP contribution >= 0.6 is 11.6 Å². The third kappa shape index (κ3) is 1.42. The van der Waals surface area contributed by atoms with Crippen molar-refractivity contribution in [2.24, 2.45) is 0 Å². The van der Waals surface area contributed by atoms with Crippen LogP contribution in [0.3, 0.4) is 0 Å². The number of hydrogen-bond acceptors (Lipinski definition) is 1. The van der Waals surface area contributed by atoms with Gasteiger partial charge in [-0.15, -0.1) is 0 Å². The van der Waals surface area contributed by atoms with E-state index in [0.29, 0.717) is 5.56 Å². The Morgan fingerprint density at radius 1 is 1.14 bits per heavy atom. The third-order valence-electron chi connectivity index (χ3n) is 2.31. The number of fused-ring (bicyclic) bond motifs is 1. The molecule has 1 aromatic heterocycles. The van der Waals surface area contributed by atoms with Crippen LogP contribution in [-0.2, 0) is 0 Å². The van der Waals surface area contributed by atoms with E-state index in [9.17, 15) is 4.79 Å². The van der Waals surface area contributed by atoms with Gasteiger partial charge in [0.15, 0.2) is 0 Å². The predicted molar refractivity (Wildman–Crippen MR) is 59.1 cm³/mol. The molecule has 72 valence electrons. The second-order valence-corrected chi connectivity index (χ2v) is 3.88. The number of H-pyrrole nitrogens is 1. The Labute approximate surface area is 86.5 Å². The van der Waals surface area contributed by atoms with Crippen molar-refractivity contribution in [3.05, 3.63) is 44.7 Å². The smallest absolute Gasteiger partial charge is 0.251 e. The van der Waals surface area contributed by atoms with Gasteiger partial charge in [0.25, 0.3) is 5.56 Å².